The molecule has 1 heterocycles. The van der Waals surface area contributed by atoms with Crippen LogP contribution in [0.1, 0.15) is 55.0 Å². The number of hydrazine groups is 1. The predicted molar refractivity (Wildman–Crippen MR) is 153 cm³/mol. The molecule has 6 nitrogen and oxygen atoms in total. The second-order valence-electron chi connectivity index (χ2n) is 9.40. The Hall–Kier alpha value is -2.11. The van der Waals surface area contributed by atoms with Gasteiger partial charge in [-0.15, -0.1) is 16.8 Å². The van der Waals surface area contributed by atoms with Gasteiger partial charge in [-0.3, -0.25) is 10.1 Å². The summed E-state index contributed by atoms with van der Waals surface area (Å²) in [5, 5.41) is 19.7. The van der Waals surface area contributed by atoms with Crippen LogP contribution in [0, 0.1) is 18.3 Å². The first-order valence-corrected chi connectivity index (χ1v) is 13.7. The molecule has 37 heavy (non-hydrogen) atoms. The Morgan fingerprint density at radius 2 is 2.03 bits per heavy atom. The lowest BCUT2D eigenvalue weighted by molar-refractivity contribution is -0.139. The zero-order valence-corrected chi connectivity index (χ0v) is 24.1. The minimum atomic E-state index is 0.350. The Bertz CT molecular complexity index is 1060. The minimum Gasteiger partial charge on any atom is -0.489 e. The number of aryl methyl sites for hydroxylation is 2. The lowest BCUT2D eigenvalue weighted by Gasteiger charge is -2.44. The van der Waals surface area contributed by atoms with Crippen LogP contribution in [-0.2, 0) is 12.8 Å². The van der Waals surface area contributed by atoms with Crippen LogP contribution in [0.25, 0.3) is 6.08 Å². The van der Waals surface area contributed by atoms with Gasteiger partial charge in [0, 0.05) is 32.2 Å². The molecule has 3 rings (SSSR count). The molecule has 1 atom stereocenters. The molecular weight excluding hydrogens is 507 g/mol. The quantitative estimate of drug-likeness (QED) is 0.256. The molecule has 1 aliphatic heterocycles. The Morgan fingerprint density at radius 1 is 1.30 bits per heavy atom. The number of ether oxygens (including phenoxy) is 1. The fraction of sp³-hybridized carbons (Fsp3) is 0.483. The van der Waals surface area contributed by atoms with Crippen LogP contribution in [0.2, 0.25) is 5.02 Å². The van der Waals surface area contributed by atoms with Crippen molar-refractivity contribution in [2.75, 3.05) is 32.6 Å². The number of benzene rings is 2. The van der Waals surface area contributed by atoms with Crippen LogP contribution in [-0.4, -0.2) is 60.0 Å². The topological polar surface area (TPSA) is 71.8 Å². The highest BCUT2D eigenvalue weighted by molar-refractivity contribution is 6.32. The number of nitriles is 1. The summed E-state index contributed by atoms with van der Waals surface area (Å²) in [5.41, 5.74) is 8.55. The van der Waals surface area contributed by atoms with Gasteiger partial charge in [0.05, 0.1) is 16.5 Å². The van der Waals surface area contributed by atoms with E-state index in [4.69, 9.17) is 38.4 Å². The van der Waals surface area contributed by atoms with Crippen LogP contribution in [0.15, 0.2) is 36.4 Å². The second kappa shape index (κ2) is 16.0. The first-order valence-electron chi connectivity index (χ1n) is 12.8. The van der Waals surface area contributed by atoms with Gasteiger partial charge in [0.15, 0.2) is 5.75 Å². The molecule has 202 valence electrons. The maximum absolute atomic E-state index is 9.15. The largest absolute Gasteiger partial charge is 0.489 e. The van der Waals surface area contributed by atoms with E-state index in [-0.39, 0.29) is 0 Å². The number of rotatable bonds is 11. The molecule has 8 heteroatoms. The van der Waals surface area contributed by atoms with E-state index in [1.54, 1.807) is 7.05 Å². The third-order valence-corrected chi connectivity index (χ3v) is 6.64. The molecule has 2 aromatic carbocycles. The molecule has 0 aliphatic carbocycles. The molecule has 1 saturated heterocycles. The van der Waals surface area contributed by atoms with Gasteiger partial charge in [-0.05, 0) is 68.0 Å². The number of hydrogen-bond acceptors (Lipinski definition) is 6. The average molecular weight is 548 g/mol. The van der Waals surface area contributed by atoms with Crippen molar-refractivity contribution in [2.45, 2.75) is 59.0 Å². The van der Waals surface area contributed by atoms with E-state index in [9.17, 15) is 0 Å². The zero-order valence-electron chi connectivity index (χ0n) is 22.6. The van der Waals surface area contributed by atoms with Gasteiger partial charge in [-0.1, -0.05) is 55.3 Å². The van der Waals surface area contributed by atoms with E-state index in [1.165, 1.54) is 16.7 Å². The maximum Gasteiger partial charge on any atom is 0.155 e. The van der Waals surface area contributed by atoms with Crippen molar-refractivity contribution in [2.24, 2.45) is 0 Å². The highest BCUT2D eigenvalue weighted by Crippen LogP contribution is 2.30. The van der Waals surface area contributed by atoms with Crippen molar-refractivity contribution < 1.29 is 9.94 Å². The summed E-state index contributed by atoms with van der Waals surface area (Å²) >= 11 is 11.6. The molecule has 2 N–H and O–H groups in total. The van der Waals surface area contributed by atoms with Crippen molar-refractivity contribution in [3.05, 3.63) is 69.2 Å². The number of hydrogen-bond donors (Lipinski definition) is 2. The third kappa shape index (κ3) is 9.94. The molecule has 0 amide bonds. The Labute approximate surface area is 232 Å². The monoisotopic (exact) mass is 546 g/mol. The van der Waals surface area contributed by atoms with Crippen LogP contribution in [0.3, 0.4) is 0 Å². The third-order valence-electron chi connectivity index (χ3n) is 6.21. The Balaban J connectivity index is 0.000000271. The number of nitrogens with one attached hydrogen (secondary N) is 1. The summed E-state index contributed by atoms with van der Waals surface area (Å²) in [6.07, 6.45) is 7.25. The summed E-state index contributed by atoms with van der Waals surface area (Å²) in [7, 11) is 1.61. The van der Waals surface area contributed by atoms with Crippen LogP contribution >= 0.6 is 23.2 Å². The number of halogens is 2. The van der Waals surface area contributed by atoms with Crippen molar-refractivity contribution >= 4 is 29.3 Å². The zero-order chi connectivity index (χ0) is 27.4. The van der Waals surface area contributed by atoms with E-state index in [0.29, 0.717) is 40.9 Å². The Kier molecular flexibility index (Phi) is 13.4. The number of hydroxylamine groups is 1. The molecule has 1 unspecified atom stereocenters. The van der Waals surface area contributed by atoms with Gasteiger partial charge in [-0.25, -0.2) is 5.43 Å². The van der Waals surface area contributed by atoms with Gasteiger partial charge in [0.1, 0.15) is 12.7 Å². The molecular formula is C29H40Cl2N4O2. The summed E-state index contributed by atoms with van der Waals surface area (Å²) in [6.45, 7) is 10.9. The predicted octanol–water partition coefficient (Wildman–Crippen LogP) is 6.25. The van der Waals surface area contributed by atoms with Crippen molar-refractivity contribution in [3.8, 4) is 11.8 Å². The minimum absolute atomic E-state index is 0.350. The standard InChI is InChI=1S/C17H27N3O.C12H13Cl2NO/c1-5-6-16-10-15(8-7-13(16)2)9-14(3)20-11-17(12-20)18-19(4)21;1-2-3-9-6-10(8-15)12(11(14)7-9)16-5-4-13/h5-8,10,14,17-18,21H,9,11-12H2,1-4H3;6-7H,2-5H2,1H3/b6-5-;. The molecule has 1 fully saturated rings. The molecule has 2 aromatic rings. The smallest absolute Gasteiger partial charge is 0.155 e. The molecule has 0 radical (unpaired) electrons. The van der Waals surface area contributed by atoms with E-state index < -0.39 is 0 Å². The van der Waals surface area contributed by atoms with E-state index >= 15 is 0 Å². The maximum atomic E-state index is 9.15. The number of alkyl halides is 1. The number of nitrogens with zero attached hydrogens (tertiary/aromatic N) is 3. The SMILES string of the molecule is C/C=C\c1cc(CC(C)N2CC(NN(C)O)C2)ccc1C.CCCc1cc(Cl)c(OCCCl)c(C#N)c1. The fourth-order valence-electron chi connectivity index (χ4n) is 4.32. The second-order valence-corrected chi connectivity index (χ2v) is 10.2. The summed E-state index contributed by atoms with van der Waals surface area (Å²) in [4.78, 5) is 2.44. The van der Waals surface area contributed by atoms with Gasteiger partial charge in [0.25, 0.3) is 0 Å². The van der Waals surface area contributed by atoms with Crippen LogP contribution < -0.4 is 10.2 Å². The van der Waals surface area contributed by atoms with Crippen molar-refractivity contribution in [1.29, 1.82) is 5.26 Å². The lowest BCUT2D eigenvalue weighted by atomic mass is 9.97. The van der Waals surface area contributed by atoms with E-state index in [0.717, 1.165) is 43.1 Å². The highest BCUT2D eigenvalue weighted by Gasteiger charge is 2.30. The lowest BCUT2D eigenvalue weighted by Crippen LogP contribution is -2.63. The van der Waals surface area contributed by atoms with Crippen molar-refractivity contribution in [3.63, 3.8) is 0 Å². The average Bonchev–Trinajstić information content (AvgIpc) is 2.83. The van der Waals surface area contributed by atoms with Crippen LogP contribution in [0.4, 0.5) is 0 Å². The Morgan fingerprint density at radius 3 is 2.62 bits per heavy atom. The fourth-order valence-corrected chi connectivity index (χ4v) is 4.69. The molecule has 0 saturated carbocycles. The molecule has 1 aliphatic rings. The first kappa shape index (κ1) is 31.1. The number of likely N-dealkylation sites (tertiary alicyclic amines) is 1. The molecule has 0 bridgehead atoms. The normalized spacial score (nSPS) is 14.7. The summed E-state index contributed by atoms with van der Waals surface area (Å²) < 4.78 is 5.35. The van der Waals surface area contributed by atoms with Crippen molar-refractivity contribution in [1.82, 2.24) is 15.5 Å². The highest BCUT2D eigenvalue weighted by atomic mass is 35.5. The summed E-state index contributed by atoms with van der Waals surface area (Å²) in [6, 6.07) is 13.4. The van der Waals surface area contributed by atoms with E-state index in [1.807, 2.05) is 12.1 Å². The van der Waals surface area contributed by atoms with E-state index in [2.05, 4.69) is 74.4 Å². The first-order chi connectivity index (χ1) is 17.7. The number of allylic oxidation sites excluding steroid dienone is 1. The van der Waals surface area contributed by atoms with Gasteiger partial charge in [0.2, 0.25) is 0 Å². The van der Waals surface area contributed by atoms with Gasteiger partial charge < -0.3 is 4.74 Å². The molecule has 0 aromatic heterocycles. The van der Waals surface area contributed by atoms with Gasteiger partial charge >= 0.3 is 0 Å². The van der Waals surface area contributed by atoms with Crippen LogP contribution in [0.5, 0.6) is 5.75 Å². The van der Waals surface area contributed by atoms with Gasteiger partial charge in [-0.2, -0.15) is 5.26 Å². The summed E-state index contributed by atoms with van der Waals surface area (Å²) in [5.74, 6) is 0.808. The molecule has 0 spiro atoms.